The number of aromatic nitrogens is 3. The van der Waals surface area contributed by atoms with E-state index in [1.165, 1.54) is 23.5 Å². The molecule has 9 heteroatoms. The van der Waals surface area contributed by atoms with Crippen LogP contribution in [0.15, 0.2) is 60.1 Å². The van der Waals surface area contributed by atoms with E-state index in [0.717, 1.165) is 5.56 Å². The lowest BCUT2D eigenvalue weighted by molar-refractivity contribution is 0.102. The van der Waals surface area contributed by atoms with Crippen LogP contribution in [0.4, 0.5) is 9.52 Å². The van der Waals surface area contributed by atoms with Crippen molar-refractivity contribution in [1.82, 2.24) is 15.0 Å². The number of methoxy groups -OCH3 is 1. The molecule has 4 rings (SSSR count). The van der Waals surface area contributed by atoms with Gasteiger partial charge in [0.05, 0.1) is 12.3 Å². The highest BCUT2D eigenvalue weighted by Gasteiger charge is 2.20. The topological polar surface area (TPSA) is 89.1 Å². The number of H-pyrrole nitrogens is 1. The largest absolute Gasteiger partial charge is 0.491 e. The summed E-state index contributed by atoms with van der Waals surface area (Å²) >= 11 is 1.31. The van der Waals surface area contributed by atoms with Crippen LogP contribution in [0.1, 0.15) is 10.5 Å². The van der Waals surface area contributed by atoms with E-state index in [9.17, 15) is 9.18 Å². The Kier molecular flexibility index (Phi) is 6.34. The first kappa shape index (κ1) is 20.7. The molecular formula is C22H19FN4O3S. The average Bonchev–Trinajstić information content (AvgIpc) is 3.45. The fourth-order valence-corrected chi connectivity index (χ4v) is 3.42. The second kappa shape index (κ2) is 9.50. The quantitative estimate of drug-likeness (QED) is 0.392. The van der Waals surface area contributed by atoms with Crippen LogP contribution < -0.4 is 10.1 Å². The van der Waals surface area contributed by atoms with Gasteiger partial charge in [0, 0.05) is 29.8 Å². The van der Waals surface area contributed by atoms with Crippen molar-refractivity contribution in [2.24, 2.45) is 0 Å². The molecule has 2 aromatic heterocycles. The van der Waals surface area contributed by atoms with E-state index in [1.54, 1.807) is 30.8 Å². The van der Waals surface area contributed by atoms with Crippen molar-refractivity contribution in [2.75, 3.05) is 25.6 Å². The van der Waals surface area contributed by atoms with Crippen LogP contribution in [0.5, 0.6) is 5.75 Å². The molecule has 2 heterocycles. The lowest BCUT2D eigenvalue weighted by atomic mass is 10.1. The van der Waals surface area contributed by atoms with Gasteiger partial charge in [-0.3, -0.25) is 10.1 Å². The molecule has 0 radical (unpaired) electrons. The maximum atomic E-state index is 13.4. The molecule has 158 valence electrons. The number of aromatic amines is 1. The van der Waals surface area contributed by atoms with Gasteiger partial charge in [0.1, 0.15) is 24.0 Å². The zero-order valence-electron chi connectivity index (χ0n) is 16.6. The smallest absolute Gasteiger partial charge is 0.278 e. The Morgan fingerprint density at radius 1 is 1.10 bits per heavy atom. The van der Waals surface area contributed by atoms with E-state index in [2.05, 4.69) is 20.3 Å². The van der Waals surface area contributed by atoms with Crippen LogP contribution in [0.3, 0.4) is 0 Å². The molecule has 0 aliphatic rings. The summed E-state index contributed by atoms with van der Waals surface area (Å²) in [5.41, 5.74) is 2.10. The normalized spacial score (nSPS) is 10.8. The van der Waals surface area contributed by atoms with Crippen molar-refractivity contribution < 1.29 is 18.7 Å². The molecule has 0 aliphatic carbocycles. The summed E-state index contributed by atoms with van der Waals surface area (Å²) in [4.78, 5) is 24.7. The fourth-order valence-electron chi connectivity index (χ4n) is 2.89. The SMILES string of the molecule is COCCOc1ccc(-c2nc(C(=O)Nc3nccs3)c(-c3ccc(F)cc3)[nH]2)cc1. The Bertz CT molecular complexity index is 1140. The molecule has 0 bridgehead atoms. The number of halogens is 1. The van der Waals surface area contributed by atoms with Gasteiger partial charge in [0.15, 0.2) is 10.8 Å². The Morgan fingerprint density at radius 3 is 2.52 bits per heavy atom. The number of nitrogens with zero attached hydrogens (tertiary/aromatic N) is 2. The van der Waals surface area contributed by atoms with Gasteiger partial charge in [0.25, 0.3) is 5.91 Å². The summed E-state index contributed by atoms with van der Waals surface area (Å²) < 4.78 is 24.0. The third kappa shape index (κ3) is 4.96. The van der Waals surface area contributed by atoms with E-state index in [4.69, 9.17) is 9.47 Å². The number of ether oxygens (including phenoxy) is 2. The Hall–Kier alpha value is -3.56. The predicted octanol–water partition coefficient (Wildman–Crippen LogP) is 4.62. The Balaban J connectivity index is 1.65. The molecule has 0 fully saturated rings. The zero-order valence-corrected chi connectivity index (χ0v) is 17.4. The third-order valence-corrected chi connectivity index (χ3v) is 5.08. The van der Waals surface area contributed by atoms with Crippen LogP contribution in [0.2, 0.25) is 0 Å². The van der Waals surface area contributed by atoms with Crippen molar-refractivity contribution in [3.05, 3.63) is 71.6 Å². The maximum Gasteiger partial charge on any atom is 0.278 e. The number of thiazole rings is 1. The molecule has 0 unspecified atom stereocenters. The average molecular weight is 438 g/mol. The lowest BCUT2D eigenvalue weighted by Crippen LogP contribution is -2.13. The van der Waals surface area contributed by atoms with Crippen LogP contribution >= 0.6 is 11.3 Å². The predicted molar refractivity (Wildman–Crippen MR) is 117 cm³/mol. The van der Waals surface area contributed by atoms with Gasteiger partial charge in [-0.1, -0.05) is 0 Å². The molecular weight excluding hydrogens is 419 g/mol. The first-order chi connectivity index (χ1) is 15.1. The molecule has 4 aromatic rings. The van der Waals surface area contributed by atoms with Gasteiger partial charge in [-0.2, -0.15) is 0 Å². The number of hydrogen-bond acceptors (Lipinski definition) is 6. The monoisotopic (exact) mass is 438 g/mol. The summed E-state index contributed by atoms with van der Waals surface area (Å²) in [5.74, 6) is 0.442. The zero-order chi connectivity index (χ0) is 21.6. The number of imidazole rings is 1. The Labute approximate surface area is 181 Å². The van der Waals surface area contributed by atoms with Crippen molar-refractivity contribution in [3.63, 3.8) is 0 Å². The van der Waals surface area contributed by atoms with E-state index in [0.29, 0.717) is 41.2 Å². The third-order valence-electron chi connectivity index (χ3n) is 4.39. The van der Waals surface area contributed by atoms with Crippen LogP contribution in [-0.2, 0) is 4.74 Å². The first-order valence-corrected chi connectivity index (χ1v) is 10.3. The number of anilines is 1. The van der Waals surface area contributed by atoms with Crippen LogP contribution in [0.25, 0.3) is 22.6 Å². The molecule has 7 nitrogen and oxygen atoms in total. The number of carbonyl (C=O) groups excluding carboxylic acids is 1. The van der Waals surface area contributed by atoms with Gasteiger partial charge < -0.3 is 14.5 Å². The van der Waals surface area contributed by atoms with Crippen molar-refractivity contribution >= 4 is 22.4 Å². The van der Waals surface area contributed by atoms with E-state index < -0.39 is 5.91 Å². The number of benzene rings is 2. The van der Waals surface area contributed by atoms with Crippen LogP contribution in [-0.4, -0.2) is 41.2 Å². The van der Waals surface area contributed by atoms with Crippen molar-refractivity contribution in [2.45, 2.75) is 0 Å². The standard InChI is InChI=1S/C22H19FN4O3S/c1-29-11-12-30-17-8-4-15(5-9-17)20-25-18(14-2-6-16(23)7-3-14)19(26-20)21(28)27-22-24-10-13-31-22/h2-10,13H,11-12H2,1H3,(H,25,26)(H,24,27,28). The van der Waals surface area contributed by atoms with Crippen LogP contribution in [0, 0.1) is 5.82 Å². The van der Waals surface area contributed by atoms with Gasteiger partial charge in [-0.25, -0.2) is 14.4 Å². The number of rotatable bonds is 8. The van der Waals surface area contributed by atoms with Gasteiger partial charge in [0.2, 0.25) is 0 Å². The molecule has 0 atom stereocenters. The maximum absolute atomic E-state index is 13.4. The minimum Gasteiger partial charge on any atom is -0.491 e. The highest BCUT2D eigenvalue weighted by atomic mass is 32.1. The molecule has 0 aliphatic heterocycles. The molecule has 31 heavy (non-hydrogen) atoms. The highest BCUT2D eigenvalue weighted by molar-refractivity contribution is 7.13. The lowest BCUT2D eigenvalue weighted by Gasteiger charge is -2.05. The Morgan fingerprint density at radius 2 is 1.84 bits per heavy atom. The number of carbonyl (C=O) groups is 1. The molecule has 2 N–H and O–H groups in total. The number of hydrogen-bond donors (Lipinski definition) is 2. The minimum atomic E-state index is -0.406. The van der Waals surface area contributed by atoms with E-state index in [-0.39, 0.29) is 11.5 Å². The van der Waals surface area contributed by atoms with Crippen molar-refractivity contribution in [3.8, 4) is 28.4 Å². The second-order valence-corrected chi connectivity index (χ2v) is 7.37. The number of amides is 1. The van der Waals surface area contributed by atoms with Gasteiger partial charge in [-0.05, 0) is 48.5 Å². The first-order valence-electron chi connectivity index (χ1n) is 9.43. The molecule has 1 amide bonds. The van der Waals surface area contributed by atoms with Crippen molar-refractivity contribution in [1.29, 1.82) is 0 Å². The molecule has 0 spiro atoms. The van der Waals surface area contributed by atoms with E-state index in [1.807, 2.05) is 24.3 Å². The summed E-state index contributed by atoms with van der Waals surface area (Å²) in [7, 11) is 1.62. The summed E-state index contributed by atoms with van der Waals surface area (Å²) in [5, 5.41) is 4.98. The fraction of sp³-hybridized carbons (Fsp3) is 0.136. The summed E-state index contributed by atoms with van der Waals surface area (Å²) in [6.07, 6.45) is 1.60. The molecule has 0 saturated carbocycles. The summed E-state index contributed by atoms with van der Waals surface area (Å²) in [6, 6.07) is 13.2. The molecule has 2 aromatic carbocycles. The van der Waals surface area contributed by atoms with Gasteiger partial charge >= 0.3 is 0 Å². The highest BCUT2D eigenvalue weighted by Crippen LogP contribution is 2.28. The van der Waals surface area contributed by atoms with E-state index >= 15 is 0 Å². The second-order valence-electron chi connectivity index (χ2n) is 6.47. The summed E-state index contributed by atoms with van der Waals surface area (Å²) in [6.45, 7) is 0.949. The van der Waals surface area contributed by atoms with Gasteiger partial charge in [-0.15, -0.1) is 11.3 Å². The minimum absolute atomic E-state index is 0.192. The molecule has 0 saturated heterocycles. The number of nitrogens with one attached hydrogen (secondary N) is 2.